The number of nitrogens with two attached hydrogens (primary N) is 1. The lowest BCUT2D eigenvalue weighted by molar-refractivity contribution is -0.251. The highest BCUT2D eigenvalue weighted by atomic mass is 31.3. The Morgan fingerprint density at radius 1 is 1.38 bits per heavy atom. The number of phosphoric acid groups is 3. The van der Waals surface area contributed by atoms with Gasteiger partial charge in [-0.25, -0.2) is 17.8 Å². The Bertz CT molecular complexity index is 1120. The third-order valence-corrected chi connectivity index (χ3v) is 7.20. The van der Waals surface area contributed by atoms with Crippen LogP contribution in [0.2, 0.25) is 0 Å². The SMILES string of the molecule is [N-]=[N+]=N[C@]1(COP(=O)([O-])OP(=O)([O-])OP(=O)([O-])O)O[C@@H](n2ccc(N)nc2=O)[C@H](F)[C@@H]1O. The van der Waals surface area contributed by atoms with Gasteiger partial charge < -0.3 is 39.7 Å². The molecule has 2 heterocycles. The molecule has 19 nitrogen and oxygen atoms in total. The standard InChI is InChI=1S/C9H14FN6O13P3/c10-5-6(17)9(14-15-12,27-7(5)16-2-1-4(11)13-8(16)18)3-26-31(22,23)29-32(24,25)28-30(19,20)21/h1-2,5-7,17H,3H2,(H,22,23)(H,24,25)(H2,11,13,18)(H2,19,20,21)/p-3/t5-,6+,7-,9-/m1/s1. The van der Waals surface area contributed by atoms with Gasteiger partial charge in [-0.1, -0.05) is 5.11 Å². The first-order valence-electron chi connectivity index (χ1n) is 7.65. The molecular formula is C9H11FN6O13P3-3. The molecule has 0 spiro atoms. The minimum Gasteiger partial charge on any atom is -0.756 e. The van der Waals surface area contributed by atoms with Crippen molar-refractivity contribution in [1.82, 2.24) is 9.55 Å². The van der Waals surface area contributed by atoms with Gasteiger partial charge in [-0.3, -0.25) is 18.3 Å². The molecule has 0 radical (unpaired) electrons. The number of aromatic nitrogens is 2. The highest BCUT2D eigenvalue weighted by Crippen LogP contribution is 2.61. The molecule has 4 N–H and O–H groups in total. The summed E-state index contributed by atoms with van der Waals surface area (Å²) in [5, 5.41) is 13.0. The zero-order valence-electron chi connectivity index (χ0n) is 15.0. The van der Waals surface area contributed by atoms with Crippen LogP contribution in [0, 0.1) is 0 Å². The van der Waals surface area contributed by atoms with Crippen molar-refractivity contribution in [3.8, 4) is 0 Å². The van der Waals surface area contributed by atoms with Gasteiger partial charge in [0.1, 0.15) is 11.9 Å². The number of anilines is 1. The van der Waals surface area contributed by atoms with Crippen molar-refractivity contribution in [3.05, 3.63) is 33.2 Å². The second kappa shape index (κ2) is 9.24. The number of hydrogen-bond acceptors (Lipinski definition) is 15. The maximum atomic E-state index is 14.6. The predicted molar refractivity (Wildman–Crippen MR) is 89.0 cm³/mol. The first-order valence-corrected chi connectivity index (χ1v) is 12.1. The van der Waals surface area contributed by atoms with Gasteiger partial charge in [-0.2, -0.15) is 4.98 Å². The average Bonchev–Trinajstić information content (AvgIpc) is 2.83. The van der Waals surface area contributed by atoms with Crippen LogP contribution in [0.5, 0.6) is 0 Å². The second-order valence-electron chi connectivity index (χ2n) is 5.77. The van der Waals surface area contributed by atoms with E-state index in [0.717, 1.165) is 12.3 Å². The highest BCUT2D eigenvalue weighted by Gasteiger charge is 2.57. The topological polar surface area (TPSA) is 307 Å². The van der Waals surface area contributed by atoms with Crippen molar-refractivity contribution < 1.29 is 60.6 Å². The third-order valence-electron chi connectivity index (χ3n) is 3.53. The number of aliphatic hydroxyl groups is 1. The maximum absolute atomic E-state index is 14.6. The number of phosphoric ester groups is 1. The molecule has 2 rings (SSSR count). The number of nitrogen functional groups attached to an aromatic ring is 1. The fraction of sp³-hybridized carbons (Fsp3) is 0.556. The van der Waals surface area contributed by atoms with Gasteiger partial charge in [0.2, 0.25) is 5.72 Å². The van der Waals surface area contributed by atoms with Gasteiger partial charge in [0, 0.05) is 11.1 Å². The molecule has 1 fully saturated rings. The van der Waals surface area contributed by atoms with Gasteiger partial charge >= 0.3 is 5.69 Å². The lowest BCUT2D eigenvalue weighted by atomic mass is 10.1. The van der Waals surface area contributed by atoms with Crippen LogP contribution >= 0.6 is 23.5 Å². The number of alkyl halides is 1. The fourth-order valence-corrected chi connectivity index (χ4v) is 5.25. The number of aliphatic hydroxyl groups excluding tert-OH is 1. The molecule has 1 aromatic rings. The van der Waals surface area contributed by atoms with Crippen LogP contribution in [-0.2, 0) is 31.6 Å². The molecule has 1 saturated heterocycles. The summed E-state index contributed by atoms with van der Waals surface area (Å²) < 4.78 is 63.9. The average molecular weight is 523 g/mol. The van der Waals surface area contributed by atoms with E-state index in [0.29, 0.717) is 4.57 Å². The van der Waals surface area contributed by atoms with Crippen molar-refractivity contribution in [3.63, 3.8) is 0 Å². The summed E-state index contributed by atoms with van der Waals surface area (Å²) >= 11 is 0. The molecule has 0 aromatic carbocycles. The summed E-state index contributed by atoms with van der Waals surface area (Å²) in [7, 11) is -18.3. The molecule has 3 unspecified atom stereocenters. The molecular weight excluding hydrogens is 512 g/mol. The molecule has 0 saturated carbocycles. The predicted octanol–water partition coefficient (Wildman–Crippen LogP) is -2.49. The van der Waals surface area contributed by atoms with Crippen LogP contribution < -0.4 is 26.1 Å². The van der Waals surface area contributed by atoms with Gasteiger partial charge in [0.05, 0.1) is 6.61 Å². The van der Waals surface area contributed by atoms with E-state index in [1.807, 2.05) is 0 Å². The van der Waals surface area contributed by atoms with Crippen molar-refractivity contribution >= 4 is 29.3 Å². The van der Waals surface area contributed by atoms with E-state index in [1.54, 1.807) is 0 Å². The molecule has 1 aromatic heterocycles. The monoisotopic (exact) mass is 523 g/mol. The van der Waals surface area contributed by atoms with E-state index < -0.39 is 60.0 Å². The van der Waals surface area contributed by atoms with Gasteiger partial charge in [-0.15, -0.1) is 0 Å². The lowest BCUT2D eigenvalue weighted by Crippen LogP contribution is -2.44. The fourth-order valence-electron chi connectivity index (χ4n) is 2.34. The van der Waals surface area contributed by atoms with Crippen molar-refractivity contribution in [1.29, 1.82) is 0 Å². The van der Waals surface area contributed by atoms with Gasteiger partial charge in [0.15, 0.2) is 12.4 Å². The lowest BCUT2D eigenvalue weighted by Gasteiger charge is -2.34. The summed E-state index contributed by atoms with van der Waals surface area (Å²) in [6, 6.07) is 1.04. The Morgan fingerprint density at radius 3 is 2.53 bits per heavy atom. The summed E-state index contributed by atoms with van der Waals surface area (Å²) in [5.74, 6) is -0.260. The number of hydrogen-bond donors (Lipinski definition) is 3. The molecule has 1 aliphatic heterocycles. The van der Waals surface area contributed by atoms with E-state index in [4.69, 9.17) is 20.9 Å². The zero-order chi connectivity index (χ0) is 24.5. The number of rotatable bonds is 9. The van der Waals surface area contributed by atoms with E-state index in [2.05, 4.69) is 28.2 Å². The van der Waals surface area contributed by atoms with E-state index in [9.17, 15) is 42.7 Å². The van der Waals surface area contributed by atoms with E-state index in [1.165, 1.54) is 0 Å². The van der Waals surface area contributed by atoms with E-state index in [-0.39, 0.29) is 5.82 Å². The summed E-state index contributed by atoms with van der Waals surface area (Å²) in [6.45, 7) is -1.62. The first-order chi connectivity index (χ1) is 14.5. The number of azide groups is 1. The van der Waals surface area contributed by atoms with Crippen LogP contribution in [-0.4, -0.2) is 44.2 Å². The Morgan fingerprint density at radius 2 is 2.00 bits per heavy atom. The minimum atomic E-state index is -6.26. The van der Waals surface area contributed by atoms with Crippen molar-refractivity contribution in [2.45, 2.75) is 24.2 Å². The Labute approximate surface area is 175 Å². The first kappa shape index (κ1) is 26.5. The Balaban J connectivity index is 2.28. The van der Waals surface area contributed by atoms with E-state index >= 15 is 0 Å². The molecule has 0 amide bonds. The van der Waals surface area contributed by atoms with Gasteiger partial charge in [-0.05, 0) is 11.6 Å². The summed E-state index contributed by atoms with van der Waals surface area (Å²) in [5.41, 5.74) is 9.91. The van der Waals surface area contributed by atoms with Crippen LogP contribution in [0.4, 0.5) is 10.2 Å². The summed E-state index contributed by atoms with van der Waals surface area (Å²) in [6.07, 6.45) is -6.18. The normalized spacial score (nSPS) is 31.1. The smallest absolute Gasteiger partial charge is 0.351 e. The molecule has 180 valence electrons. The molecule has 0 bridgehead atoms. The van der Waals surface area contributed by atoms with Crippen LogP contribution in [0.25, 0.3) is 10.4 Å². The second-order valence-corrected chi connectivity index (χ2v) is 10.1. The Hall–Kier alpha value is -1.75. The molecule has 23 heteroatoms. The highest BCUT2D eigenvalue weighted by molar-refractivity contribution is 7.65. The van der Waals surface area contributed by atoms with Crippen LogP contribution in [0.15, 0.2) is 22.2 Å². The third kappa shape index (κ3) is 6.40. The summed E-state index contributed by atoms with van der Waals surface area (Å²) in [4.78, 5) is 59.0. The molecule has 1 aliphatic rings. The Kier molecular flexibility index (Phi) is 7.66. The minimum absolute atomic E-state index is 0.260. The number of halogens is 1. The van der Waals surface area contributed by atoms with Crippen LogP contribution in [0.1, 0.15) is 6.23 Å². The number of ether oxygens (including phenoxy) is 1. The molecule has 0 aliphatic carbocycles. The van der Waals surface area contributed by atoms with Gasteiger partial charge in [0.25, 0.3) is 23.5 Å². The zero-order valence-corrected chi connectivity index (χ0v) is 17.7. The molecule has 32 heavy (non-hydrogen) atoms. The van der Waals surface area contributed by atoms with Crippen LogP contribution in [0.3, 0.4) is 0 Å². The largest absolute Gasteiger partial charge is 0.756 e. The van der Waals surface area contributed by atoms with Crippen molar-refractivity contribution in [2.24, 2.45) is 5.11 Å². The maximum Gasteiger partial charge on any atom is 0.351 e. The quantitative estimate of drug-likeness (QED) is 0.130. The molecule has 7 atom stereocenters. The van der Waals surface area contributed by atoms with Crippen molar-refractivity contribution in [2.75, 3.05) is 12.3 Å². The number of nitrogens with zero attached hydrogens (tertiary/aromatic N) is 5.